The number of hydrogen-bond donors (Lipinski definition) is 0. The summed E-state index contributed by atoms with van der Waals surface area (Å²) < 4.78 is 0. The summed E-state index contributed by atoms with van der Waals surface area (Å²) in [5.74, 6) is 0. The van der Waals surface area contributed by atoms with Gasteiger partial charge in [-0.25, -0.2) is 0 Å². The van der Waals surface area contributed by atoms with Crippen LogP contribution in [0.3, 0.4) is 0 Å². The van der Waals surface area contributed by atoms with E-state index >= 15 is 0 Å². The Morgan fingerprint density at radius 3 is 1.43 bits per heavy atom. The molecule has 0 nitrogen and oxygen atoms in total. The van der Waals surface area contributed by atoms with Crippen LogP contribution in [0.25, 0.3) is 0 Å². The molecule has 0 aromatic carbocycles. The van der Waals surface area contributed by atoms with Gasteiger partial charge in [0.2, 0.25) is 0 Å². The normalized spacial score (nSPS) is 17.0. The Labute approximate surface area is 86.3 Å². The second-order valence-electron chi connectivity index (χ2n) is 3.31. The number of rotatable bonds is 0. The fraction of sp³-hybridized carbons (Fsp3) is 0.143. The van der Waals surface area contributed by atoms with Crippen LogP contribution < -0.4 is 0 Å². The molecule has 1 rings (SSSR count). The third-order valence-electron chi connectivity index (χ3n) is 1.88. The summed E-state index contributed by atoms with van der Waals surface area (Å²) >= 11 is 0. The summed E-state index contributed by atoms with van der Waals surface area (Å²) in [6, 6.07) is 0. The molecule has 0 saturated heterocycles. The molecule has 0 radical (unpaired) electrons. The molecule has 1 aliphatic carbocycles. The van der Waals surface area contributed by atoms with Crippen LogP contribution in [0, 0.1) is 0 Å². The van der Waals surface area contributed by atoms with Crippen molar-refractivity contribution in [1.29, 1.82) is 0 Å². The van der Waals surface area contributed by atoms with Crippen molar-refractivity contribution in [1.82, 2.24) is 0 Å². The minimum Gasteiger partial charge on any atom is -0.0622 e. The standard InChI is InChI=1S/C14H16/c1-13-9-5-3-7-11-14(2)12-8-4-6-10-13/h3-12H,1-2H3. The second-order valence-corrected chi connectivity index (χ2v) is 3.31. The minimum absolute atomic E-state index is 1.25. The van der Waals surface area contributed by atoms with Gasteiger partial charge in [0.1, 0.15) is 0 Å². The van der Waals surface area contributed by atoms with E-state index in [1.807, 2.05) is 12.2 Å². The number of allylic oxidation sites excluding steroid dienone is 12. The van der Waals surface area contributed by atoms with Crippen LogP contribution in [0.5, 0.6) is 0 Å². The lowest BCUT2D eigenvalue weighted by atomic mass is 10.2. The molecule has 0 N–H and O–H groups in total. The van der Waals surface area contributed by atoms with Crippen LogP contribution in [0.2, 0.25) is 0 Å². The van der Waals surface area contributed by atoms with Crippen LogP contribution in [-0.2, 0) is 0 Å². The molecule has 0 fully saturated rings. The predicted octanol–water partition coefficient (Wildman–Crippen LogP) is 4.12. The predicted molar refractivity (Wildman–Crippen MR) is 64.1 cm³/mol. The molecule has 0 spiro atoms. The average Bonchev–Trinajstić information content (AvgIpc) is 2.14. The van der Waals surface area contributed by atoms with E-state index in [-0.39, 0.29) is 0 Å². The molecule has 0 aromatic rings. The van der Waals surface area contributed by atoms with Crippen molar-refractivity contribution in [2.75, 3.05) is 0 Å². The van der Waals surface area contributed by atoms with E-state index in [4.69, 9.17) is 0 Å². The highest BCUT2D eigenvalue weighted by atomic mass is 13.9. The molecule has 0 bridgehead atoms. The highest BCUT2D eigenvalue weighted by molar-refractivity contribution is 5.30. The molecule has 0 aromatic heterocycles. The van der Waals surface area contributed by atoms with Gasteiger partial charge in [0.05, 0.1) is 0 Å². The maximum Gasteiger partial charge on any atom is -0.0398 e. The molecular formula is C14H16. The molecule has 0 aliphatic heterocycles. The molecule has 0 unspecified atom stereocenters. The Morgan fingerprint density at radius 2 is 1.00 bits per heavy atom. The molecule has 0 heteroatoms. The van der Waals surface area contributed by atoms with Crippen LogP contribution in [-0.4, -0.2) is 0 Å². The summed E-state index contributed by atoms with van der Waals surface area (Å²) in [6.07, 6.45) is 20.7. The van der Waals surface area contributed by atoms with Crippen molar-refractivity contribution in [3.63, 3.8) is 0 Å². The van der Waals surface area contributed by atoms with Gasteiger partial charge in [-0.1, -0.05) is 71.9 Å². The lowest BCUT2D eigenvalue weighted by molar-refractivity contribution is 1.50. The molecule has 1 aliphatic rings. The van der Waals surface area contributed by atoms with Crippen LogP contribution in [0.1, 0.15) is 13.8 Å². The Morgan fingerprint density at radius 1 is 0.571 bits per heavy atom. The zero-order chi connectivity index (χ0) is 10.2. The van der Waals surface area contributed by atoms with Gasteiger partial charge in [-0.15, -0.1) is 0 Å². The van der Waals surface area contributed by atoms with Crippen LogP contribution >= 0.6 is 0 Å². The second kappa shape index (κ2) is 5.98. The lowest BCUT2D eigenvalue weighted by Gasteiger charge is -1.89. The zero-order valence-electron chi connectivity index (χ0n) is 8.77. The Bertz CT molecular complexity index is 308. The largest absolute Gasteiger partial charge is 0.0622 e. The molecule has 0 heterocycles. The van der Waals surface area contributed by atoms with Crippen molar-refractivity contribution >= 4 is 0 Å². The topological polar surface area (TPSA) is 0 Å². The molecule has 0 saturated carbocycles. The molecule has 0 amide bonds. The van der Waals surface area contributed by atoms with Crippen molar-refractivity contribution in [3.8, 4) is 0 Å². The van der Waals surface area contributed by atoms with Gasteiger partial charge < -0.3 is 0 Å². The first-order valence-corrected chi connectivity index (χ1v) is 4.82. The first kappa shape index (κ1) is 10.5. The van der Waals surface area contributed by atoms with E-state index in [0.717, 1.165) is 0 Å². The minimum atomic E-state index is 1.25. The van der Waals surface area contributed by atoms with Gasteiger partial charge >= 0.3 is 0 Å². The summed E-state index contributed by atoms with van der Waals surface area (Å²) in [5.41, 5.74) is 2.50. The quantitative estimate of drug-likeness (QED) is 0.531. The van der Waals surface area contributed by atoms with Gasteiger partial charge in [0, 0.05) is 0 Å². The molecule has 14 heavy (non-hydrogen) atoms. The maximum absolute atomic E-state index is 2.09. The summed E-state index contributed by atoms with van der Waals surface area (Å²) in [4.78, 5) is 0. The maximum atomic E-state index is 2.09. The van der Waals surface area contributed by atoms with E-state index in [1.54, 1.807) is 0 Å². The first-order valence-electron chi connectivity index (χ1n) is 4.82. The zero-order valence-corrected chi connectivity index (χ0v) is 8.77. The van der Waals surface area contributed by atoms with Gasteiger partial charge in [0.15, 0.2) is 0 Å². The average molecular weight is 184 g/mol. The van der Waals surface area contributed by atoms with Crippen molar-refractivity contribution in [2.45, 2.75) is 13.8 Å². The van der Waals surface area contributed by atoms with Gasteiger partial charge in [0.25, 0.3) is 0 Å². The van der Waals surface area contributed by atoms with Gasteiger partial charge in [-0.2, -0.15) is 0 Å². The first-order chi connectivity index (χ1) is 6.79. The fourth-order valence-electron chi connectivity index (χ4n) is 1.07. The Hall–Kier alpha value is -1.56. The van der Waals surface area contributed by atoms with E-state index in [0.29, 0.717) is 0 Å². The SMILES string of the molecule is CC1=CC=CC=CC(C)=CC=CC=C1. The van der Waals surface area contributed by atoms with E-state index in [9.17, 15) is 0 Å². The lowest BCUT2D eigenvalue weighted by Crippen LogP contribution is -1.68. The Balaban J connectivity index is 2.87. The molecule has 0 atom stereocenters. The van der Waals surface area contributed by atoms with E-state index in [1.165, 1.54) is 11.1 Å². The Kier molecular flexibility index (Phi) is 4.49. The van der Waals surface area contributed by atoms with Crippen molar-refractivity contribution in [2.24, 2.45) is 0 Å². The summed E-state index contributed by atoms with van der Waals surface area (Å²) in [5, 5.41) is 0. The van der Waals surface area contributed by atoms with Crippen LogP contribution in [0.15, 0.2) is 71.9 Å². The van der Waals surface area contributed by atoms with Gasteiger partial charge in [-0.05, 0) is 13.8 Å². The smallest absolute Gasteiger partial charge is 0.0398 e. The third-order valence-corrected chi connectivity index (χ3v) is 1.88. The van der Waals surface area contributed by atoms with Gasteiger partial charge in [-0.3, -0.25) is 0 Å². The third kappa shape index (κ3) is 4.46. The molecule has 72 valence electrons. The monoisotopic (exact) mass is 184 g/mol. The number of hydrogen-bond acceptors (Lipinski definition) is 0. The molecular weight excluding hydrogens is 168 g/mol. The van der Waals surface area contributed by atoms with E-state index < -0.39 is 0 Å². The summed E-state index contributed by atoms with van der Waals surface area (Å²) in [6.45, 7) is 4.18. The summed E-state index contributed by atoms with van der Waals surface area (Å²) in [7, 11) is 0. The fourth-order valence-corrected chi connectivity index (χ4v) is 1.07. The highest BCUT2D eigenvalue weighted by Gasteiger charge is 1.79. The van der Waals surface area contributed by atoms with Crippen molar-refractivity contribution in [3.05, 3.63) is 71.9 Å². The van der Waals surface area contributed by atoms with Crippen LogP contribution in [0.4, 0.5) is 0 Å². The van der Waals surface area contributed by atoms with E-state index in [2.05, 4.69) is 62.5 Å². The highest BCUT2D eigenvalue weighted by Crippen LogP contribution is 2.00. The van der Waals surface area contributed by atoms with Crippen molar-refractivity contribution < 1.29 is 0 Å².